The average Bonchev–Trinajstić information content (AvgIpc) is 2.43. The molecule has 110 valence electrons. The van der Waals surface area contributed by atoms with Crippen molar-refractivity contribution >= 4 is 34.9 Å². The van der Waals surface area contributed by atoms with Gasteiger partial charge in [-0.1, -0.05) is 30.1 Å². The number of carbonyl (C=O) groups is 1. The predicted octanol–water partition coefficient (Wildman–Crippen LogP) is 3.60. The van der Waals surface area contributed by atoms with Crippen LogP contribution in [-0.4, -0.2) is 36.6 Å². The molecule has 1 aliphatic heterocycles. The molecule has 0 aliphatic carbocycles. The lowest BCUT2D eigenvalue weighted by molar-refractivity contribution is 0.196. The van der Waals surface area contributed by atoms with Gasteiger partial charge in [-0.15, -0.1) is 0 Å². The minimum atomic E-state index is -0.202. The Hall–Kier alpha value is -0.970. The van der Waals surface area contributed by atoms with Crippen LogP contribution in [0.15, 0.2) is 18.2 Å². The van der Waals surface area contributed by atoms with Gasteiger partial charge < -0.3 is 15.5 Å². The zero-order chi connectivity index (χ0) is 14.5. The molecule has 0 aromatic heterocycles. The maximum Gasteiger partial charge on any atom is 0.319 e. The topological polar surface area (TPSA) is 44.4 Å². The van der Waals surface area contributed by atoms with Crippen LogP contribution >= 0.6 is 23.2 Å². The molecule has 6 heteroatoms. The van der Waals surface area contributed by atoms with Crippen LogP contribution in [0.1, 0.15) is 19.8 Å². The zero-order valence-corrected chi connectivity index (χ0v) is 13.0. The monoisotopic (exact) mass is 315 g/mol. The molecule has 4 nitrogen and oxygen atoms in total. The van der Waals surface area contributed by atoms with Crippen LogP contribution in [0.2, 0.25) is 10.0 Å². The van der Waals surface area contributed by atoms with E-state index < -0.39 is 0 Å². The molecule has 0 saturated carbocycles. The first-order valence-corrected chi connectivity index (χ1v) is 7.59. The Kier molecular flexibility index (Phi) is 5.52. The minimum absolute atomic E-state index is 0.200. The molecule has 1 aliphatic rings. The Morgan fingerprint density at radius 1 is 1.40 bits per heavy atom. The number of piperidine rings is 1. The number of likely N-dealkylation sites (tertiary alicyclic amines) is 1. The summed E-state index contributed by atoms with van der Waals surface area (Å²) in [6.07, 6.45) is 2.14. The Labute approximate surface area is 129 Å². The number of urea groups is 1. The van der Waals surface area contributed by atoms with E-state index in [1.165, 1.54) is 0 Å². The number of likely N-dealkylation sites (N-methyl/N-ethyl adjacent to an activating group) is 1. The standard InChI is InChI=1S/C14H19Cl2N3O/c1-2-19-7-3-4-11(9-19)18-14(20)17-10-5-6-12(15)13(16)8-10/h5-6,8,11H,2-4,7,9H2,1H3,(H2,17,18,20). The molecule has 20 heavy (non-hydrogen) atoms. The van der Waals surface area contributed by atoms with Gasteiger partial charge in [-0.05, 0) is 44.1 Å². The first kappa shape index (κ1) is 15.4. The van der Waals surface area contributed by atoms with E-state index >= 15 is 0 Å². The number of halogens is 2. The van der Waals surface area contributed by atoms with Gasteiger partial charge in [0.1, 0.15) is 0 Å². The highest BCUT2D eigenvalue weighted by Crippen LogP contribution is 2.24. The number of rotatable bonds is 3. The number of carbonyl (C=O) groups excluding carboxylic acids is 1. The Morgan fingerprint density at radius 2 is 2.20 bits per heavy atom. The van der Waals surface area contributed by atoms with E-state index in [2.05, 4.69) is 22.5 Å². The lowest BCUT2D eigenvalue weighted by Crippen LogP contribution is -2.48. The van der Waals surface area contributed by atoms with Gasteiger partial charge in [0, 0.05) is 18.3 Å². The summed E-state index contributed by atoms with van der Waals surface area (Å²) in [6, 6.07) is 5.03. The van der Waals surface area contributed by atoms with Crippen molar-refractivity contribution in [1.82, 2.24) is 10.2 Å². The summed E-state index contributed by atoms with van der Waals surface area (Å²) >= 11 is 11.8. The summed E-state index contributed by atoms with van der Waals surface area (Å²) < 4.78 is 0. The Bertz CT molecular complexity index is 481. The summed E-state index contributed by atoms with van der Waals surface area (Å²) in [6.45, 7) is 5.18. The molecule has 0 bridgehead atoms. The number of hydrogen-bond acceptors (Lipinski definition) is 2. The van der Waals surface area contributed by atoms with Gasteiger partial charge >= 0.3 is 6.03 Å². The van der Waals surface area contributed by atoms with Gasteiger partial charge in [0.05, 0.1) is 10.0 Å². The summed E-state index contributed by atoms with van der Waals surface area (Å²) in [5.41, 5.74) is 0.639. The fourth-order valence-corrected chi connectivity index (χ4v) is 2.69. The van der Waals surface area contributed by atoms with Gasteiger partial charge in [-0.25, -0.2) is 4.79 Å². The molecule has 1 aromatic carbocycles. The smallest absolute Gasteiger partial charge is 0.319 e. The van der Waals surface area contributed by atoms with Crippen LogP contribution in [0, 0.1) is 0 Å². The third-order valence-corrected chi connectivity index (χ3v) is 4.20. The summed E-state index contributed by atoms with van der Waals surface area (Å²) in [5, 5.41) is 6.68. The number of nitrogens with one attached hydrogen (secondary N) is 2. The minimum Gasteiger partial charge on any atom is -0.334 e. The van der Waals surface area contributed by atoms with Crippen LogP contribution in [0.3, 0.4) is 0 Å². The van der Waals surface area contributed by atoms with Gasteiger partial charge in [0.15, 0.2) is 0 Å². The second kappa shape index (κ2) is 7.16. The van der Waals surface area contributed by atoms with Crippen molar-refractivity contribution < 1.29 is 4.79 Å². The van der Waals surface area contributed by atoms with Crippen molar-refractivity contribution in [1.29, 1.82) is 0 Å². The highest BCUT2D eigenvalue weighted by molar-refractivity contribution is 6.42. The Balaban J connectivity index is 1.87. The van der Waals surface area contributed by atoms with Crippen molar-refractivity contribution in [3.8, 4) is 0 Å². The molecule has 0 spiro atoms. The van der Waals surface area contributed by atoms with Crippen LogP contribution < -0.4 is 10.6 Å². The molecular weight excluding hydrogens is 297 g/mol. The first-order chi connectivity index (χ1) is 9.58. The zero-order valence-electron chi connectivity index (χ0n) is 11.5. The highest BCUT2D eigenvalue weighted by atomic mass is 35.5. The fourth-order valence-electron chi connectivity index (χ4n) is 2.39. The maximum atomic E-state index is 12.0. The van der Waals surface area contributed by atoms with Gasteiger partial charge in [0.2, 0.25) is 0 Å². The molecule has 2 N–H and O–H groups in total. The molecule has 2 amide bonds. The molecular formula is C14H19Cl2N3O. The molecule has 1 atom stereocenters. The molecule has 0 radical (unpaired) electrons. The van der Waals surface area contributed by atoms with Crippen molar-refractivity contribution in [3.63, 3.8) is 0 Å². The van der Waals surface area contributed by atoms with Gasteiger partial charge in [0.25, 0.3) is 0 Å². The van der Waals surface area contributed by atoms with Crippen molar-refractivity contribution in [2.24, 2.45) is 0 Å². The molecule has 1 fully saturated rings. The van der Waals surface area contributed by atoms with E-state index in [1.54, 1.807) is 18.2 Å². The summed E-state index contributed by atoms with van der Waals surface area (Å²) in [4.78, 5) is 14.3. The number of amides is 2. The number of nitrogens with zero attached hydrogens (tertiary/aromatic N) is 1. The van der Waals surface area contributed by atoms with Crippen LogP contribution in [-0.2, 0) is 0 Å². The second-order valence-corrected chi connectivity index (χ2v) is 5.77. The lowest BCUT2D eigenvalue weighted by atomic mass is 10.1. The van der Waals surface area contributed by atoms with Gasteiger partial charge in [-0.3, -0.25) is 0 Å². The van der Waals surface area contributed by atoms with E-state index in [9.17, 15) is 4.79 Å². The van der Waals surface area contributed by atoms with Crippen LogP contribution in [0.25, 0.3) is 0 Å². The Morgan fingerprint density at radius 3 is 2.90 bits per heavy atom. The fraction of sp³-hybridized carbons (Fsp3) is 0.500. The van der Waals surface area contributed by atoms with Crippen molar-refractivity contribution in [2.75, 3.05) is 25.0 Å². The third kappa shape index (κ3) is 4.27. The molecule has 1 heterocycles. The number of benzene rings is 1. The lowest BCUT2D eigenvalue weighted by Gasteiger charge is -2.32. The number of anilines is 1. The van der Waals surface area contributed by atoms with Crippen molar-refractivity contribution in [3.05, 3.63) is 28.2 Å². The maximum absolute atomic E-state index is 12.0. The van der Waals surface area contributed by atoms with Crippen molar-refractivity contribution in [2.45, 2.75) is 25.8 Å². The van der Waals surface area contributed by atoms with Gasteiger partial charge in [-0.2, -0.15) is 0 Å². The largest absolute Gasteiger partial charge is 0.334 e. The number of hydrogen-bond donors (Lipinski definition) is 2. The average molecular weight is 316 g/mol. The predicted molar refractivity (Wildman–Crippen MR) is 83.8 cm³/mol. The van der Waals surface area contributed by atoms with Crippen LogP contribution in [0.5, 0.6) is 0 Å². The SMILES string of the molecule is CCN1CCCC(NC(=O)Nc2ccc(Cl)c(Cl)c2)C1. The van der Waals surface area contributed by atoms with E-state index in [4.69, 9.17) is 23.2 Å². The van der Waals surface area contributed by atoms with Crippen LogP contribution in [0.4, 0.5) is 10.5 Å². The third-order valence-electron chi connectivity index (χ3n) is 3.47. The molecule has 1 saturated heterocycles. The van der Waals surface area contributed by atoms with E-state index in [0.717, 1.165) is 32.5 Å². The highest BCUT2D eigenvalue weighted by Gasteiger charge is 2.20. The molecule has 1 unspecified atom stereocenters. The normalized spacial score (nSPS) is 19.6. The van der Waals surface area contributed by atoms with E-state index in [1.807, 2.05) is 0 Å². The molecule has 1 aromatic rings. The van der Waals surface area contributed by atoms with E-state index in [0.29, 0.717) is 15.7 Å². The molecule has 2 rings (SSSR count). The van der Waals surface area contributed by atoms with E-state index in [-0.39, 0.29) is 12.1 Å². The first-order valence-electron chi connectivity index (χ1n) is 6.83. The quantitative estimate of drug-likeness (QED) is 0.895. The summed E-state index contributed by atoms with van der Waals surface area (Å²) in [5.74, 6) is 0. The summed E-state index contributed by atoms with van der Waals surface area (Å²) in [7, 11) is 0. The second-order valence-electron chi connectivity index (χ2n) is 4.96.